The number of amides is 1. The summed E-state index contributed by atoms with van der Waals surface area (Å²) in [5, 5.41) is 23.7. The van der Waals surface area contributed by atoms with Crippen LogP contribution in [0, 0.1) is 29.6 Å². The van der Waals surface area contributed by atoms with Crippen LogP contribution in [0.2, 0.25) is 0 Å². The molecule has 2 aromatic carbocycles. The van der Waals surface area contributed by atoms with Crippen molar-refractivity contribution in [3.63, 3.8) is 0 Å². The summed E-state index contributed by atoms with van der Waals surface area (Å²) in [4.78, 5) is 12.2. The lowest BCUT2D eigenvalue weighted by Crippen LogP contribution is -2.17. The van der Waals surface area contributed by atoms with Crippen LogP contribution in [-0.2, 0) is 11.3 Å². The zero-order valence-corrected chi connectivity index (χ0v) is 13.2. The van der Waals surface area contributed by atoms with Crippen LogP contribution in [0.5, 0.6) is 0 Å². The molecule has 0 radical (unpaired) electrons. The molecule has 0 spiro atoms. The average molecular weight is 316 g/mol. The van der Waals surface area contributed by atoms with Crippen molar-refractivity contribution in [3.8, 4) is 12.1 Å². The van der Waals surface area contributed by atoms with Gasteiger partial charge in [-0.05, 0) is 24.6 Å². The molecule has 0 aliphatic heterocycles. The Morgan fingerprint density at radius 2 is 1.96 bits per heavy atom. The predicted molar refractivity (Wildman–Crippen MR) is 91.5 cm³/mol. The second kappa shape index (κ2) is 8.17. The third-order valence-electron chi connectivity index (χ3n) is 3.30. The summed E-state index contributed by atoms with van der Waals surface area (Å²) in [5.41, 5.74) is 2.86. The number of carbonyl (C=O) groups excluding carboxylic acids is 1. The first-order valence-electron chi connectivity index (χ1n) is 7.33. The number of aryl methyl sites for hydroxylation is 1. The van der Waals surface area contributed by atoms with E-state index < -0.39 is 5.91 Å². The van der Waals surface area contributed by atoms with E-state index >= 15 is 0 Å². The van der Waals surface area contributed by atoms with Gasteiger partial charge in [0.15, 0.2) is 0 Å². The summed E-state index contributed by atoms with van der Waals surface area (Å²) < 4.78 is 0. The minimum atomic E-state index is -0.558. The molecule has 0 fully saturated rings. The van der Waals surface area contributed by atoms with Gasteiger partial charge in [0, 0.05) is 12.7 Å². The molecule has 0 aromatic heterocycles. The Hall–Kier alpha value is -3.57. The number of benzene rings is 2. The lowest BCUT2D eigenvalue weighted by Gasteiger charge is -2.07. The summed E-state index contributed by atoms with van der Waals surface area (Å²) in [6.07, 6.45) is 1.38. The number of para-hydroxylation sites is 1. The number of hydrogen-bond acceptors (Lipinski definition) is 4. The van der Waals surface area contributed by atoms with Gasteiger partial charge in [0.25, 0.3) is 5.91 Å². The normalized spacial score (nSPS) is 10.4. The molecule has 0 aliphatic rings. The fourth-order valence-electron chi connectivity index (χ4n) is 2.12. The van der Waals surface area contributed by atoms with E-state index in [-0.39, 0.29) is 5.57 Å². The van der Waals surface area contributed by atoms with Crippen molar-refractivity contribution < 1.29 is 4.79 Å². The van der Waals surface area contributed by atoms with Gasteiger partial charge in [0.2, 0.25) is 0 Å². The van der Waals surface area contributed by atoms with E-state index in [1.807, 2.05) is 43.3 Å². The molecule has 2 aromatic rings. The first-order valence-corrected chi connectivity index (χ1v) is 7.33. The van der Waals surface area contributed by atoms with Crippen LogP contribution >= 0.6 is 0 Å². The van der Waals surface area contributed by atoms with Gasteiger partial charge in [0.1, 0.15) is 17.7 Å². The molecule has 0 heterocycles. The van der Waals surface area contributed by atoms with E-state index in [0.29, 0.717) is 17.8 Å². The predicted octanol–water partition coefficient (Wildman–Crippen LogP) is 3.00. The first-order chi connectivity index (χ1) is 11.6. The highest BCUT2D eigenvalue weighted by atomic mass is 16.1. The standard InChI is InChI=1S/C19H16N4O/c1-14-5-4-6-15(9-14)12-22-13-17(11-21)19(24)23-18-8-3-2-7-16(18)10-20/h2-9,13,22H,12H2,1H3,(H,23,24)/b17-13-. The van der Waals surface area contributed by atoms with Crippen LogP contribution in [0.1, 0.15) is 16.7 Å². The Morgan fingerprint density at radius 1 is 1.17 bits per heavy atom. The van der Waals surface area contributed by atoms with Gasteiger partial charge in [-0.2, -0.15) is 10.5 Å². The minimum Gasteiger partial charge on any atom is -0.386 e. The molecular formula is C19H16N4O. The van der Waals surface area contributed by atoms with E-state index in [1.54, 1.807) is 24.3 Å². The van der Waals surface area contributed by atoms with E-state index in [1.165, 1.54) is 6.20 Å². The second-order valence-electron chi connectivity index (χ2n) is 5.15. The molecule has 0 atom stereocenters. The lowest BCUT2D eigenvalue weighted by atomic mass is 10.1. The summed E-state index contributed by atoms with van der Waals surface area (Å²) in [6, 6.07) is 18.4. The van der Waals surface area contributed by atoms with Crippen LogP contribution in [-0.4, -0.2) is 5.91 Å². The monoisotopic (exact) mass is 316 g/mol. The summed E-state index contributed by atoms with van der Waals surface area (Å²) >= 11 is 0. The maximum atomic E-state index is 12.2. The van der Waals surface area contributed by atoms with Gasteiger partial charge in [-0.3, -0.25) is 4.79 Å². The van der Waals surface area contributed by atoms with Crippen molar-refractivity contribution >= 4 is 11.6 Å². The smallest absolute Gasteiger partial charge is 0.267 e. The van der Waals surface area contributed by atoms with Crippen molar-refractivity contribution in [3.05, 3.63) is 77.0 Å². The number of nitrogens with zero attached hydrogens (tertiary/aromatic N) is 2. The van der Waals surface area contributed by atoms with E-state index in [4.69, 9.17) is 10.5 Å². The van der Waals surface area contributed by atoms with E-state index in [0.717, 1.165) is 11.1 Å². The fraction of sp³-hybridized carbons (Fsp3) is 0.105. The molecule has 5 nitrogen and oxygen atoms in total. The zero-order chi connectivity index (χ0) is 17.4. The highest BCUT2D eigenvalue weighted by molar-refractivity contribution is 6.07. The Morgan fingerprint density at radius 3 is 2.67 bits per heavy atom. The van der Waals surface area contributed by atoms with Crippen molar-refractivity contribution in [2.75, 3.05) is 5.32 Å². The highest BCUT2D eigenvalue weighted by Gasteiger charge is 2.11. The number of nitrogens with one attached hydrogen (secondary N) is 2. The largest absolute Gasteiger partial charge is 0.386 e. The molecule has 2 rings (SSSR count). The average Bonchev–Trinajstić information content (AvgIpc) is 2.59. The molecule has 0 saturated carbocycles. The molecule has 5 heteroatoms. The van der Waals surface area contributed by atoms with Crippen LogP contribution in [0.25, 0.3) is 0 Å². The molecule has 0 aliphatic carbocycles. The number of carbonyl (C=O) groups is 1. The number of rotatable bonds is 5. The van der Waals surface area contributed by atoms with Crippen molar-refractivity contribution in [1.29, 1.82) is 10.5 Å². The number of nitriles is 2. The van der Waals surface area contributed by atoms with E-state index in [9.17, 15) is 4.79 Å². The number of anilines is 1. The molecular weight excluding hydrogens is 300 g/mol. The quantitative estimate of drug-likeness (QED) is 0.655. The van der Waals surface area contributed by atoms with Gasteiger partial charge >= 0.3 is 0 Å². The summed E-state index contributed by atoms with van der Waals surface area (Å²) in [6.45, 7) is 2.51. The maximum Gasteiger partial charge on any atom is 0.267 e. The Balaban J connectivity index is 2.03. The highest BCUT2D eigenvalue weighted by Crippen LogP contribution is 2.14. The van der Waals surface area contributed by atoms with E-state index in [2.05, 4.69) is 10.6 Å². The summed E-state index contributed by atoms with van der Waals surface area (Å²) in [5.74, 6) is -0.558. The molecule has 118 valence electrons. The van der Waals surface area contributed by atoms with Gasteiger partial charge < -0.3 is 10.6 Å². The Labute approximate surface area is 140 Å². The molecule has 1 amide bonds. The zero-order valence-electron chi connectivity index (χ0n) is 13.2. The van der Waals surface area contributed by atoms with Crippen molar-refractivity contribution in [1.82, 2.24) is 5.32 Å². The number of hydrogen-bond donors (Lipinski definition) is 2. The van der Waals surface area contributed by atoms with Crippen LogP contribution in [0.15, 0.2) is 60.3 Å². The van der Waals surface area contributed by atoms with Gasteiger partial charge in [-0.1, -0.05) is 42.0 Å². The topological polar surface area (TPSA) is 88.7 Å². The fourth-order valence-corrected chi connectivity index (χ4v) is 2.12. The summed E-state index contributed by atoms with van der Waals surface area (Å²) in [7, 11) is 0. The Bertz CT molecular complexity index is 856. The van der Waals surface area contributed by atoms with Gasteiger partial charge in [-0.25, -0.2) is 0 Å². The van der Waals surface area contributed by atoms with Gasteiger partial charge in [0.05, 0.1) is 11.3 Å². The Kier molecular flexibility index (Phi) is 5.71. The minimum absolute atomic E-state index is 0.0598. The van der Waals surface area contributed by atoms with Crippen molar-refractivity contribution in [2.45, 2.75) is 13.5 Å². The lowest BCUT2D eigenvalue weighted by molar-refractivity contribution is -0.112. The maximum absolute atomic E-state index is 12.2. The van der Waals surface area contributed by atoms with Crippen LogP contribution in [0.3, 0.4) is 0 Å². The molecule has 0 unspecified atom stereocenters. The van der Waals surface area contributed by atoms with Crippen LogP contribution in [0.4, 0.5) is 5.69 Å². The molecule has 24 heavy (non-hydrogen) atoms. The SMILES string of the molecule is Cc1cccc(CN/C=C(/C#N)C(=O)Nc2ccccc2C#N)c1. The second-order valence-corrected chi connectivity index (χ2v) is 5.15. The molecule has 2 N–H and O–H groups in total. The van der Waals surface area contributed by atoms with Crippen LogP contribution < -0.4 is 10.6 Å². The third-order valence-corrected chi connectivity index (χ3v) is 3.30. The molecule has 0 saturated heterocycles. The first kappa shape index (κ1) is 16.8. The third kappa shape index (κ3) is 4.46. The van der Waals surface area contributed by atoms with Gasteiger partial charge in [-0.15, -0.1) is 0 Å². The van der Waals surface area contributed by atoms with Crippen molar-refractivity contribution in [2.24, 2.45) is 0 Å². The molecule has 0 bridgehead atoms.